The largest absolute Gasteiger partial charge is 0.449 e. The van der Waals surface area contributed by atoms with Crippen molar-refractivity contribution in [3.05, 3.63) is 35.6 Å². The number of rotatable bonds is 4. The number of amides is 2. The molecule has 1 unspecified atom stereocenters. The summed E-state index contributed by atoms with van der Waals surface area (Å²) in [6, 6.07) is 6.49. The smallest absolute Gasteiger partial charge is 0.407 e. The van der Waals surface area contributed by atoms with Gasteiger partial charge in [0.15, 0.2) is 0 Å². The average Bonchev–Trinajstić information content (AvgIpc) is 2.44. The van der Waals surface area contributed by atoms with Gasteiger partial charge in [0.2, 0.25) is 5.91 Å². The Bertz CT molecular complexity index is 614. The lowest BCUT2D eigenvalue weighted by molar-refractivity contribution is -0.142. The summed E-state index contributed by atoms with van der Waals surface area (Å²) in [6.45, 7) is 3.50. The lowest BCUT2D eigenvalue weighted by atomic mass is 9.85. The molecule has 1 aromatic carbocycles. The third-order valence-corrected chi connectivity index (χ3v) is 4.52. The minimum Gasteiger partial charge on any atom is -0.449 e. The molecule has 1 spiro atoms. The van der Waals surface area contributed by atoms with Crippen LogP contribution in [0.15, 0.2) is 24.3 Å². The summed E-state index contributed by atoms with van der Waals surface area (Å²) in [7, 11) is 0. The molecule has 1 aromatic rings. The molecule has 0 radical (unpaired) electrons. The molecule has 124 valence electrons. The Labute approximate surface area is 134 Å². The number of hydrogen-bond acceptors (Lipinski definition) is 3. The van der Waals surface area contributed by atoms with Crippen LogP contribution in [0.3, 0.4) is 0 Å². The lowest BCUT2D eigenvalue weighted by Gasteiger charge is -2.51. The fraction of sp³-hybridized carbons (Fsp3) is 0.529. The van der Waals surface area contributed by atoms with Crippen LogP contribution in [0.2, 0.25) is 0 Å². The van der Waals surface area contributed by atoms with Gasteiger partial charge in [-0.25, -0.2) is 9.18 Å². The Morgan fingerprint density at radius 1 is 1.48 bits per heavy atom. The van der Waals surface area contributed by atoms with Crippen LogP contribution in [0.5, 0.6) is 0 Å². The first-order valence-electron chi connectivity index (χ1n) is 7.93. The SMILES string of the molecule is CC(CC(=O)N1CC2(CCOC(=O)N2)C1)Cc1cccc(F)c1. The Kier molecular flexibility index (Phi) is 4.24. The van der Waals surface area contributed by atoms with Gasteiger partial charge in [0, 0.05) is 25.9 Å². The number of ether oxygens (including phenoxy) is 1. The topological polar surface area (TPSA) is 58.6 Å². The maximum Gasteiger partial charge on any atom is 0.407 e. The van der Waals surface area contributed by atoms with Gasteiger partial charge in [0.25, 0.3) is 0 Å². The van der Waals surface area contributed by atoms with E-state index in [4.69, 9.17) is 4.74 Å². The monoisotopic (exact) mass is 320 g/mol. The van der Waals surface area contributed by atoms with E-state index < -0.39 is 6.09 Å². The second kappa shape index (κ2) is 6.18. The third kappa shape index (κ3) is 3.63. The van der Waals surface area contributed by atoms with E-state index in [1.54, 1.807) is 11.0 Å². The van der Waals surface area contributed by atoms with E-state index in [1.807, 2.05) is 13.0 Å². The summed E-state index contributed by atoms with van der Waals surface area (Å²) in [5, 5.41) is 2.82. The van der Waals surface area contributed by atoms with E-state index in [-0.39, 0.29) is 23.2 Å². The van der Waals surface area contributed by atoms with Gasteiger partial charge in [-0.05, 0) is 30.0 Å². The molecular formula is C17H21FN2O3. The van der Waals surface area contributed by atoms with Crippen LogP contribution in [0.25, 0.3) is 0 Å². The minimum atomic E-state index is -0.400. The van der Waals surface area contributed by atoms with Crippen molar-refractivity contribution in [2.75, 3.05) is 19.7 Å². The van der Waals surface area contributed by atoms with Crippen molar-refractivity contribution < 1.29 is 18.7 Å². The van der Waals surface area contributed by atoms with Crippen LogP contribution >= 0.6 is 0 Å². The number of cyclic esters (lactones) is 1. The average molecular weight is 320 g/mol. The van der Waals surface area contributed by atoms with Gasteiger partial charge in [-0.1, -0.05) is 19.1 Å². The van der Waals surface area contributed by atoms with Crippen molar-refractivity contribution in [3.63, 3.8) is 0 Å². The van der Waals surface area contributed by atoms with Gasteiger partial charge in [-0.2, -0.15) is 0 Å². The van der Waals surface area contributed by atoms with Crippen molar-refractivity contribution in [1.29, 1.82) is 0 Å². The molecule has 1 N–H and O–H groups in total. The van der Waals surface area contributed by atoms with Crippen LogP contribution < -0.4 is 5.32 Å². The first-order chi connectivity index (χ1) is 11.0. The molecule has 0 saturated carbocycles. The second-order valence-electron chi connectivity index (χ2n) is 6.68. The van der Waals surface area contributed by atoms with Crippen LogP contribution in [-0.4, -0.2) is 42.1 Å². The molecule has 23 heavy (non-hydrogen) atoms. The van der Waals surface area contributed by atoms with Crippen LogP contribution in [0.4, 0.5) is 9.18 Å². The molecule has 0 aromatic heterocycles. The zero-order chi connectivity index (χ0) is 16.4. The molecule has 3 rings (SSSR count). The molecule has 5 nitrogen and oxygen atoms in total. The Hall–Kier alpha value is -2.11. The van der Waals surface area contributed by atoms with Crippen molar-refractivity contribution in [2.45, 2.75) is 31.7 Å². The standard InChI is InChI=1S/C17H21FN2O3/c1-12(7-13-3-2-4-14(18)9-13)8-15(21)20-10-17(11-20)5-6-23-16(22)19-17/h2-4,9,12H,5-8,10-11H2,1H3,(H,19,22). The van der Waals surface area contributed by atoms with E-state index in [2.05, 4.69) is 5.32 Å². The molecule has 2 amide bonds. The normalized spacial score (nSPS) is 20.4. The zero-order valence-corrected chi connectivity index (χ0v) is 13.2. The maximum atomic E-state index is 13.2. The first-order valence-corrected chi connectivity index (χ1v) is 7.93. The van der Waals surface area contributed by atoms with Gasteiger partial charge >= 0.3 is 6.09 Å². The molecule has 2 heterocycles. The Balaban J connectivity index is 1.47. The number of carbonyl (C=O) groups is 2. The fourth-order valence-corrected chi connectivity index (χ4v) is 3.32. The number of hydrogen-bond donors (Lipinski definition) is 1. The molecule has 0 bridgehead atoms. The summed E-state index contributed by atoms with van der Waals surface area (Å²) in [5.41, 5.74) is 0.610. The van der Waals surface area contributed by atoms with Gasteiger partial charge in [0.1, 0.15) is 5.82 Å². The Morgan fingerprint density at radius 2 is 2.26 bits per heavy atom. The molecule has 1 atom stereocenters. The Morgan fingerprint density at radius 3 is 2.96 bits per heavy atom. The zero-order valence-electron chi connectivity index (χ0n) is 13.2. The highest BCUT2D eigenvalue weighted by Gasteiger charge is 2.48. The second-order valence-corrected chi connectivity index (χ2v) is 6.68. The number of alkyl carbamates (subject to hydrolysis) is 1. The van der Waals surface area contributed by atoms with E-state index >= 15 is 0 Å². The highest BCUT2D eigenvalue weighted by molar-refractivity contribution is 5.78. The summed E-state index contributed by atoms with van der Waals surface area (Å²) in [4.78, 5) is 25.4. The van der Waals surface area contributed by atoms with Crippen LogP contribution in [0, 0.1) is 11.7 Å². The summed E-state index contributed by atoms with van der Waals surface area (Å²) in [6.07, 6.45) is 1.44. The predicted octanol–water partition coefficient (Wildman–Crippen LogP) is 2.11. The number of likely N-dealkylation sites (tertiary alicyclic amines) is 1. The highest BCUT2D eigenvalue weighted by atomic mass is 19.1. The van der Waals surface area contributed by atoms with Crippen molar-refractivity contribution in [2.24, 2.45) is 5.92 Å². The molecule has 2 fully saturated rings. The first kappa shape index (κ1) is 15.8. The van der Waals surface area contributed by atoms with Gasteiger partial charge in [-0.3, -0.25) is 4.79 Å². The lowest BCUT2D eigenvalue weighted by Crippen LogP contribution is -2.73. The number of nitrogens with zero attached hydrogens (tertiary/aromatic N) is 1. The van der Waals surface area contributed by atoms with Crippen LogP contribution in [0.1, 0.15) is 25.3 Å². The highest BCUT2D eigenvalue weighted by Crippen LogP contribution is 2.28. The molecular weight excluding hydrogens is 299 g/mol. The molecule has 0 aliphatic carbocycles. The van der Waals surface area contributed by atoms with Gasteiger partial charge < -0.3 is 15.0 Å². The molecule has 6 heteroatoms. The summed E-state index contributed by atoms with van der Waals surface area (Å²) < 4.78 is 18.0. The molecule has 2 aliphatic heterocycles. The van der Waals surface area contributed by atoms with E-state index in [9.17, 15) is 14.0 Å². The summed E-state index contributed by atoms with van der Waals surface area (Å²) >= 11 is 0. The number of benzene rings is 1. The fourth-order valence-electron chi connectivity index (χ4n) is 3.32. The number of halogens is 1. The van der Waals surface area contributed by atoms with E-state index in [1.165, 1.54) is 12.1 Å². The third-order valence-electron chi connectivity index (χ3n) is 4.52. The number of carbonyl (C=O) groups excluding carboxylic acids is 2. The molecule has 2 saturated heterocycles. The number of nitrogens with one attached hydrogen (secondary N) is 1. The van der Waals surface area contributed by atoms with Crippen molar-refractivity contribution in [1.82, 2.24) is 10.2 Å². The van der Waals surface area contributed by atoms with Gasteiger partial charge in [0.05, 0.1) is 12.1 Å². The van der Waals surface area contributed by atoms with Crippen LogP contribution in [-0.2, 0) is 16.0 Å². The van der Waals surface area contributed by atoms with Crippen molar-refractivity contribution in [3.8, 4) is 0 Å². The predicted molar refractivity (Wildman–Crippen MR) is 82.3 cm³/mol. The summed E-state index contributed by atoms with van der Waals surface area (Å²) in [5.74, 6) is -0.0219. The van der Waals surface area contributed by atoms with Crippen molar-refractivity contribution >= 4 is 12.0 Å². The van der Waals surface area contributed by atoms with Gasteiger partial charge in [-0.15, -0.1) is 0 Å². The van der Waals surface area contributed by atoms with E-state index in [0.717, 1.165) is 12.0 Å². The minimum absolute atomic E-state index is 0.0836. The van der Waals surface area contributed by atoms with E-state index in [0.29, 0.717) is 32.5 Å². The maximum absolute atomic E-state index is 13.2. The quantitative estimate of drug-likeness (QED) is 0.924. The molecule has 2 aliphatic rings.